The van der Waals surface area contributed by atoms with Gasteiger partial charge in [-0.2, -0.15) is 0 Å². The molecule has 1 amide bonds. The molecule has 0 saturated carbocycles. The van der Waals surface area contributed by atoms with Crippen molar-refractivity contribution in [1.29, 1.82) is 0 Å². The van der Waals surface area contributed by atoms with E-state index >= 15 is 0 Å². The molecule has 1 saturated heterocycles. The number of benzene rings is 2. The largest absolute Gasteiger partial charge is 0.484 e. The van der Waals surface area contributed by atoms with Gasteiger partial charge < -0.3 is 10.1 Å². The molecule has 0 aliphatic carbocycles. The molecule has 0 aromatic heterocycles. The summed E-state index contributed by atoms with van der Waals surface area (Å²) in [5.41, 5.74) is 1.90. The van der Waals surface area contributed by atoms with Crippen LogP contribution in [0.15, 0.2) is 48.5 Å². The Morgan fingerprint density at radius 2 is 1.83 bits per heavy atom. The van der Waals surface area contributed by atoms with Crippen LogP contribution in [0.25, 0.3) is 0 Å². The molecule has 1 aliphatic rings. The number of hydrogen-bond donors (Lipinski definition) is 1. The van der Waals surface area contributed by atoms with Gasteiger partial charge in [-0.15, -0.1) is 23.5 Å². The molecular weight excluding hydrogens is 362 g/mol. The predicted molar refractivity (Wildman–Crippen MR) is 104 cm³/mol. The summed E-state index contributed by atoms with van der Waals surface area (Å²) in [6, 6.07) is 15.1. The van der Waals surface area contributed by atoms with Crippen molar-refractivity contribution in [1.82, 2.24) is 0 Å². The van der Waals surface area contributed by atoms with Crippen molar-refractivity contribution in [3.8, 4) is 5.75 Å². The fourth-order valence-electron chi connectivity index (χ4n) is 2.30. The summed E-state index contributed by atoms with van der Waals surface area (Å²) in [5.74, 6) is 2.90. The number of para-hydroxylation sites is 1. The van der Waals surface area contributed by atoms with E-state index in [2.05, 4.69) is 17.4 Å². The van der Waals surface area contributed by atoms with Gasteiger partial charge in [0, 0.05) is 0 Å². The van der Waals surface area contributed by atoms with Crippen LogP contribution < -0.4 is 10.1 Å². The Bertz CT molecular complexity index is 688. The molecule has 2 aromatic carbocycles. The predicted octanol–water partition coefficient (Wildman–Crippen LogP) is 5.23. The van der Waals surface area contributed by atoms with Crippen molar-refractivity contribution in [2.24, 2.45) is 0 Å². The van der Waals surface area contributed by atoms with Gasteiger partial charge in [0.25, 0.3) is 5.91 Å². The van der Waals surface area contributed by atoms with Gasteiger partial charge in [0.2, 0.25) is 0 Å². The van der Waals surface area contributed by atoms with E-state index in [1.807, 2.05) is 47.8 Å². The second kappa shape index (κ2) is 8.70. The number of thioether (sulfide) groups is 2. The van der Waals surface area contributed by atoms with E-state index in [4.69, 9.17) is 16.3 Å². The van der Waals surface area contributed by atoms with Crippen molar-refractivity contribution < 1.29 is 9.53 Å². The van der Waals surface area contributed by atoms with Crippen LogP contribution in [0.3, 0.4) is 0 Å². The number of rotatable bonds is 5. The van der Waals surface area contributed by atoms with E-state index in [-0.39, 0.29) is 12.5 Å². The normalized spacial score (nSPS) is 15.0. The minimum absolute atomic E-state index is 0.0441. The maximum absolute atomic E-state index is 12.0. The van der Waals surface area contributed by atoms with Crippen LogP contribution in [0.2, 0.25) is 5.02 Å². The zero-order chi connectivity index (χ0) is 16.8. The highest BCUT2D eigenvalue weighted by molar-refractivity contribution is 8.16. The SMILES string of the molecule is O=C(COc1ccc(C2SCCCS2)cc1)Nc1ccccc1Cl. The zero-order valence-electron chi connectivity index (χ0n) is 13.0. The lowest BCUT2D eigenvalue weighted by Gasteiger charge is -2.21. The van der Waals surface area contributed by atoms with Crippen molar-refractivity contribution in [2.45, 2.75) is 11.0 Å². The number of nitrogens with one attached hydrogen (secondary N) is 1. The van der Waals surface area contributed by atoms with Crippen molar-refractivity contribution in [3.63, 3.8) is 0 Å². The third kappa shape index (κ3) is 4.85. The maximum Gasteiger partial charge on any atom is 0.262 e. The van der Waals surface area contributed by atoms with Gasteiger partial charge in [-0.25, -0.2) is 0 Å². The van der Waals surface area contributed by atoms with Crippen LogP contribution >= 0.6 is 35.1 Å². The van der Waals surface area contributed by atoms with Crippen molar-refractivity contribution >= 4 is 46.7 Å². The molecule has 1 aliphatic heterocycles. The first-order valence-electron chi connectivity index (χ1n) is 7.73. The maximum atomic E-state index is 12.0. The molecule has 0 spiro atoms. The second-order valence-electron chi connectivity index (χ2n) is 5.31. The molecule has 0 unspecified atom stereocenters. The van der Waals surface area contributed by atoms with Crippen LogP contribution in [-0.4, -0.2) is 24.0 Å². The number of amides is 1. The monoisotopic (exact) mass is 379 g/mol. The summed E-state index contributed by atoms with van der Waals surface area (Å²) >= 11 is 9.99. The average molecular weight is 380 g/mol. The minimum atomic E-state index is -0.231. The topological polar surface area (TPSA) is 38.3 Å². The van der Waals surface area contributed by atoms with Gasteiger partial charge in [0.15, 0.2) is 6.61 Å². The van der Waals surface area contributed by atoms with E-state index in [0.717, 1.165) is 0 Å². The number of ether oxygens (including phenoxy) is 1. The van der Waals surface area contributed by atoms with Crippen molar-refractivity contribution in [2.75, 3.05) is 23.4 Å². The number of carbonyl (C=O) groups is 1. The molecule has 3 nitrogen and oxygen atoms in total. The van der Waals surface area contributed by atoms with Gasteiger partial charge in [-0.3, -0.25) is 4.79 Å². The van der Waals surface area contributed by atoms with E-state index in [9.17, 15) is 4.79 Å². The van der Waals surface area contributed by atoms with E-state index < -0.39 is 0 Å². The Labute approximate surface area is 155 Å². The summed E-state index contributed by atoms with van der Waals surface area (Å²) in [5, 5.41) is 3.25. The Balaban J connectivity index is 1.51. The lowest BCUT2D eigenvalue weighted by molar-refractivity contribution is -0.118. The molecule has 0 atom stereocenters. The zero-order valence-corrected chi connectivity index (χ0v) is 15.4. The molecule has 1 N–H and O–H groups in total. The quantitative estimate of drug-likeness (QED) is 0.772. The third-order valence-electron chi connectivity index (χ3n) is 3.50. The first-order valence-corrected chi connectivity index (χ1v) is 10.2. The summed E-state index contributed by atoms with van der Waals surface area (Å²) in [6.45, 7) is -0.0441. The lowest BCUT2D eigenvalue weighted by atomic mass is 10.2. The van der Waals surface area contributed by atoms with Gasteiger partial charge in [0.1, 0.15) is 5.75 Å². The standard InChI is InChI=1S/C18H18ClNO2S2/c19-15-4-1-2-5-16(15)20-17(21)12-22-14-8-6-13(7-9-14)18-23-10-3-11-24-18/h1-2,4-9,18H,3,10-12H2,(H,20,21). The second-order valence-corrected chi connectivity index (χ2v) is 8.44. The molecular formula is C18H18ClNO2S2. The van der Waals surface area contributed by atoms with Crippen LogP contribution in [0.5, 0.6) is 5.75 Å². The Morgan fingerprint density at radius 3 is 2.54 bits per heavy atom. The summed E-state index contributed by atoms with van der Waals surface area (Å²) < 4.78 is 6.06. The highest BCUT2D eigenvalue weighted by atomic mass is 35.5. The number of hydrogen-bond acceptors (Lipinski definition) is 4. The lowest BCUT2D eigenvalue weighted by Crippen LogP contribution is -2.20. The summed E-state index contributed by atoms with van der Waals surface area (Å²) in [4.78, 5) is 12.0. The molecule has 0 bridgehead atoms. The van der Waals surface area contributed by atoms with Crippen LogP contribution in [-0.2, 0) is 4.79 Å². The molecule has 3 rings (SSSR count). The number of halogens is 1. The summed E-state index contributed by atoms with van der Waals surface area (Å²) in [7, 11) is 0. The molecule has 126 valence electrons. The first kappa shape index (κ1) is 17.5. The van der Waals surface area contributed by atoms with E-state index in [1.54, 1.807) is 12.1 Å². The molecule has 2 aromatic rings. The molecule has 1 fully saturated rings. The van der Waals surface area contributed by atoms with E-state index in [1.165, 1.54) is 23.5 Å². The Morgan fingerprint density at radius 1 is 1.12 bits per heavy atom. The first-order chi connectivity index (χ1) is 11.7. The molecule has 0 radical (unpaired) electrons. The average Bonchev–Trinajstić information content (AvgIpc) is 2.63. The fourth-order valence-corrected chi connectivity index (χ4v) is 5.38. The fraction of sp³-hybridized carbons (Fsp3) is 0.278. The smallest absolute Gasteiger partial charge is 0.262 e. The van der Waals surface area contributed by atoms with Gasteiger partial charge in [-0.1, -0.05) is 35.9 Å². The van der Waals surface area contributed by atoms with Crippen LogP contribution in [0.1, 0.15) is 16.6 Å². The molecule has 24 heavy (non-hydrogen) atoms. The Kier molecular flexibility index (Phi) is 6.35. The number of carbonyl (C=O) groups excluding carboxylic acids is 1. The van der Waals surface area contributed by atoms with Crippen LogP contribution in [0.4, 0.5) is 5.69 Å². The highest BCUT2D eigenvalue weighted by Gasteiger charge is 2.16. The van der Waals surface area contributed by atoms with Gasteiger partial charge >= 0.3 is 0 Å². The van der Waals surface area contributed by atoms with E-state index in [0.29, 0.717) is 21.0 Å². The Hall–Kier alpha value is -1.30. The summed E-state index contributed by atoms with van der Waals surface area (Å²) in [6.07, 6.45) is 1.29. The molecule has 1 heterocycles. The van der Waals surface area contributed by atoms with Gasteiger partial charge in [-0.05, 0) is 47.8 Å². The highest BCUT2D eigenvalue weighted by Crippen LogP contribution is 2.43. The minimum Gasteiger partial charge on any atom is -0.484 e. The number of anilines is 1. The molecule has 6 heteroatoms. The van der Waals surface area contributed by atoms with Gasteiger partial charge in [0.05, 0.1) is 15.3 Å². The van der Waals surface area contributed by atoms with Crippen LogP contribution in [0, 0.1) is 0 Å². The van der Waals surface area contributed by atoms with Crippen molar-refractivity contribution in [3.05, 3.63) is 59.1 Å². The third-order valence-corrected chi connectivity index (χ3v) is 6.84.